The highest BCUT2D eigenvalue weighted by Gasteiger charge is 2.32. The van der Waals surface area contributed by atoms with Crippen LogP contribution in [0.2, 0.25) is 0 Å². The Morgan fingerprint density at radius 2 is 2.00 bits per heavy atom. The van der Waals surface area contributed by atoms with Gasteiger partial charge < -0.3 is 10.8 Å². The molecular weight excluding hydrogens is 363 g/mol. The number of sulfonamides is 1. The molecule has 0 radical (unpaired) electrons. The zero-order chi connectivity index (χ0) is 15.8. The van der Waals surface area contributed by atoms with Crippen molar-refractivity contribution in [2.75, 3.05) is 18.8 Å². The topological polar surface area (TPSA) is 83.6 Å². The number of nitrogen functional groups attached to an aromatic ring is 1. The standard InChI is InChI=1S/C13H18BrFN2O3S/c1-8(18)9-2-4-17(5-3-9)21(19,20)13-7-12(16)10(14)6-11(13)15/h6-9,18H,2-5,16H2,1H3. The molecule has 8 heteroatoms. The summed E-state index contributed by atoms with van der Waals surface area (Å²) in [7, 11) is -3.91. The minimum atomic E-state index is -3.91. The summed E-state index contributed by atoms with van der Waals surface area (Å²) in [6.07, 6.45) is 0.657. The van der Waals surface area contributed by atoms with E-state index < -0.39 is 26.8 Å². The molecule has 0 saturated carbocycles. The predicted molar refractivity (Wildman–Crippen MR) is 81.7 cm³/mol. The maximum atomic E-state index is 14.0. The molecule has 0 spiro atoms. The van der Waals surface area contributed by atoms with Crippen molar-refractivity contribution in [3.05, 3.63) is 22.4 Å². The fraction of sp³-hybridized carbons (Fsp3) is 0.538. The summed E-state index contributed by atoms with van der Waals surface area (Å²) >= 11 is 3.07. The number of nitrogens with two attached hydrogens (primary N) is 1. The van der Waals surface area contributed by atoms with Crippen molar-refractivity contribution in [2.24, 2.45) is 5.92 Å². The van der Waals surface area contributed by atoms with Crippen LogP contribution in [-0.2, 0) is 10.0 Å². The van der Waals surface area contributed by atoms with Gasteiger partial charge in [0, 0.05) is 23.2 Å². The first-order valence-electron chi connectivity index (χ1n) is 6.66. The van der Waals surface area contributed by atoms with E-state index in [1.165, 1.54) is 4.31 Å². The second-order valence-electron chi connectivity index (χ2n) is 5.29. The lowest BCUT2D eigenvalue weighted by Gasteiger charge is -2.32. The van der Waals surface area contributed by atoms with E-state index in [4.69, 9.17) is 5.73 Å². The summed E-state index contributed by atoms with van der Waals surface area (Å²) in [4.78, 5) is -0.404. The molecule has 1 saturated heterocycles. The monoisotopic (exact) mass is 380 g/mol. The maximum absolute atomic E-state index is 14.0. The van der Waals surface area contributed by atoms with Crippen LogP contribution in [0.1, 0.15) is 19.8 Å². The molecule has 0 aliphatic carbocycles. The van der Waals surface area contributed by atoms with Gasteiger partial charge in [0.2, 0.25) is 10.0 Å². The number of aliphatic hydroxyl groups is 1. The molecule has 3 N–H and O–H groups in total. The number of hydrogen-bond donors (Lipinski definition) is 2. The largest absolute Gasteiger partial charge is 0.398 e. The van der Waals surface area contributed by atoms with E-state index in [9.17, 15) is 17.9 Å². The van der Waals surface area contributed by atoms with Crippen molar-refractivity contribution >= 4 is 31.6 Å². The Labute approximate surface area is 132 Å². The highest BCUT2D eigenvalue weighted by Crippen LogP contribution is 2.30. The number of aliphatic hydroxyl groups excluding tert-OH is 1. The van der Waals surface area contributed by atoms with Crippen LogP contribution in [0.4, 0.5) is 10.1 Å². The number of piperidine rings is 1. The Morgan fingerprint density at radius 1 is 1.43 bits per heavy atom. The number of nitrogens with zero attached hydrogens (tertiary/aromatic N) is 1. The maximum Gasteiger partial charge on any atom is 0.246 e. The Balaban J connectivity index is 2.26. The van der Waals surface area contributed by atoms with Gasteiger partial charge in [0.05, 0.1) is 6.10 Å². The molecule has 1 atom stereocenters. The van der Waals surface area contributed by atoms with Crippen molar-refractivity contribution in [3.8, 4) is 0 Å². The quantitative estimate of drug-likeness (QED) is 0.784. The molecule has 1 aliphatic rings. The second-order valence-corrected chi connectivity index (χ2v) is 8.05. The first-order chi connectivity index (χ1) is 9.73. The number of hydrogen-bond acceptors (Lipinski definition) is 4. The van der Waals surface area contributed by atoms with Crippen LogP contribution in [0.15, 0.2) is 21.5 Å². The van der Waals surface area contributed by atoms with Gasteiger partial charge in [-0.25, -0.2) is 12.8 Å². The van der Waals surface area contributed by atoms with E-state index >= 15 is 0 Å². The van der Waals surface area contributed by atoms with Crippen molar-refractivity contribution in [1.82, 2.24) is 4.31 Å². The van der Waals surface area contributed by atoms with Crippen molar-refractivity contribution < 1.29 is 17.9 Å². The van der Waals surface area contributed by atoms with Crippen LogP contribution in [0.25, 0.3) is 0 Å². The van der Waals surface area contributed by atoms with E-state index in [1.54, 1.807) is 6.92 Å². The Kier molecular flexibility index (Phi) is 4.92. The van der Waals surface area contributed by atoms with Crippen LogP contribution in [0.3, 0.4) is 0 Å². The molecule has 0 amide bonds. The van der Waals surface area contributed by atoms with Gasteiger partial charge in [-0.05, 0) is 53.7 Å². The minimum Gasteiger partial charge on any atom is -0.398 e. The Bertz CT molecular complexity index is 629. The van der Waals surface area contributed by atoms with Gasteiger partial charge in [-0.1, -0.05) is 0 Å². The number of anilines is 1. The molecule has 1 aliphatic heterocycles. The van der Waals surface area contributed by atoms with E-state index in [-0.39, 0.29) is 24.7 Å². The number of rotatable bonds is 3. The van der Waals surface area contributed by atoms with Gasteiger partial charge in [-0.15, -0.1) is 0 Å². The Morgan fingerprint density at radius 3 is 2.52 bits per heavy atom. The van der Waals surface area contributed by atoms with Gasteiger partial charge in [0.25, 0.3) is 0 Å². The molecule has 1 fully saturated rings. The van der Waals surface area contributed by atoms with Crippen LogP contribution in [0, 0.1) is 11.7 Å². The lowest BCUT2D eigenvalue weighted by Crippen LogP contribution is -2.41. The normalized spacial score (nSPS) is 19.6. The van der Waals surface area contributed by atoms with Gasteiger partial charge >= 0.3 is 0 Å². The van der Waals surface area contributed by atoms with E-state index in [1.807, 2.05) is 0 Å². The van der Waals surface area contributed by atoms with Gasteiger partial charge in [0.1, 0.15) is 10.7 Å². The molecule has 21 heavy (non-hydrogen) atoms. The highest BCUT2D eigenvalue weighted by atomic mass is 79.9. The summed E-state index contributed by atoms with van der Waals surface area (Å²) < 4.78 is 40.5. The van der Waals surface area contributed by atoms with Crippen molar-refractivity contribution in [3.63, 3.8) is 0 Å². The summed E-state index contributed by atoms with van der Waals surface area (Å²) in [6.45, 7) is 2.24. The predicted octanol–water partition coefficient (Wildman–Crippen LogP) is 1.95. The number of benzene rings is 1. The fourth-order valence-corrected chi connectivity index (χ4v) is 4.35. The minimum absolute atomic E-state index is 0.0799. The summed E-state index contributed by atoms with van der Waals surface area (Å²) in [5.74, 6) is -0.745. The zero-order valence-electron chi connectivity index (χ0n) is 11.6. The lowest BCUT2D eigenvalue weighted by molar-refractivity contribution is 0.0911. The zero-order valence-corrected chi connectivity index (χ0v) is 14.0. The molecule has 1 heterocycles. The first-order valence-corrected chi connectivity index (χ1v) is 8.89. The summed E-state index contributed by atoms with van der Waals surface area (Å²) in [5.41, 5.74) is 5.82. The van der Waals surface area contributed by atoms with E-state index in [0.29, 0.717) is 17.3 Å². The fourth-order valence-electron chi connectivity index (χ4n) is 2.48. The molecule has 0 bridgehead atoms. The molecule has 1 unspecified atom stereocenters. The third-order valence-electron chi connectivity index (χ3n) is 3.85. The smallest absolute Gasteiger partial charge is 0.246 e. The first kappa shape index (κ1) is 16.7. The van der Waals surface area contributed by atoms with E-state index in [0.717, 1.165) is 12.1 Å². The second kappa shape index (κ2) is 6.20. The molecule has 118 valence electrons. The molecule has 1 aromatic rings. The number of halogens is 2. The summed E-state index contributed by atoms with van der Waals surface area (Å²) in [5, 5.41) is 9.54. The van der Waals surface area contributed by atoms with Crippen LogP contribution < -0.4 is 5.73 Å². The molecule has 1 aromatic carbocycles. The SMILES string of the molecule is CC(O)C1CCN(S(=O)(=O)c2cc(N)c(Br)cc2F)CC1. The average molecular weight is 381 g/mol. The van der Waals surface area contributed by atoms with Crippen LogP contribution >= 0.6 is 15.9 Å². The Hall–Kier alpha value is -0.700. The van der Waals surface area contributed by atoms with Crippen molar-refractivity contribution in [1.29, 1.82) is 0 Å². The molecular formula is C13H18BrFN2O3S. The van der Waals surface area contributed by atoms with Crippen LogP contribution in [0.5, 0.6) is 0 Å². The third-order valence-corrected chi connectivity index (χ3v) is 6.45. The van der Waals surface area contributed by atoms with Gasteiger partial charge in [-0.2, -0.15) is 4.31 Å². The van der Waals surface area contributed by atoms with E-state index in [2.05, 4.69) is 15.9 Å². The highest BCUT2D eigenvalue weighted by molar-refractivity contribution is 9.10. The van der Waals surface area contributed by atoms with Gasteiger partial charge in [-0.3, -0.25) is 0 Å². The summed E-state index contributed by atoms with van der Waals surface area (Å²) in [6, 6.07) is 2.19. The van der Waals surface area contributed by atoms with Crippen LogP contribution in [-0.4, -0.2) is 37.0 Å². The van der Waals surface area contributed by atoms with Gasteiger partial charge in [0.15, 0.2) is 0 Å². The van der Waals surface area contributed by atoms with Crippen molar-refractivity contribution in [2.45, 2.75) is 30.8 Å². The third kappa shape index (κ3) is 3.39. The lowest BCUT2D eigenvalue weighted by atomic mass is 9.93. The molecule has 2 rings (SSSR count). The average Bonchev–Trinajstić information content (AvgIpc) is 2.42. The molecule has 5 nitrogen and oxygen atoms in total. The molecule has 0 aromatic heterocycles.